The van der Waals surface area contributed by atoms with E-state index in [1.807, 2.05) is 32.9 Å². The minimum atomic E-state index is -0.338. The Morgan fingerprint density at radius 2 is 1.83 bits per heavy atom. The van der Waals surface area contributed by atoms with Crippen LogP contribution in [-0.2, 0) is 11.4 Å². The van der Waals surface area contributed by atoms with Crippen molar-refractivity contribution < 1.29 is 18.8 Å². The lowest BCUT2D eigenvalue weighted by Crippen LogP contribution is -2.32. The van der Waals surface area contributed by atoms with E-state index in [0.29, 0.717) is 23.6 Å². The second-order valence-corrected chi connectivity index (χ2v) is 7.72. The predicted octanol–water partition coefficient (Wildman–Crippen LogP) is 4.31. The summed E-state index contributed by atoms with van der Waals surface area (Å²) < 4.78 is 11.8. The average Bonchev–Trinajstić information content (AvgIpc) is 3.04. The Kier molecular flexibility index (Phi) is 6.89. The average molecular weight is 472 g/mol. The molecule has 0 radical (unpaired) electrons. The van der Waals surface area contributed by atoms with Gasteiger partial charge >= 0.3 is 0 Å². The van der Waals surface area contributed by atoms with Crippen molar-refractivity contribution in [3.8, 4) is 5.75 Å². The van der Waals surface area contributed by atoms with Crippen LogP contribution in [0.3, 0.4) is 0 Å². The molecular formula is C22H22BrN3O4. The zero-order chi connectivity index (χ0) is 21.7. The van der Waals surface area contributed by atoms with E-state index >= 15 is 0 Å². The summed E-state index contributed by atoms with van der Waals surface area (Å²) in [6.45, 7) is 5.80. The Balaban J connectivity index is 1.50. The van der Waals surface area contributed by atoms with E-state index in [-0.39, 0.29) is 18.4 Å². The molecule has 0 aliphatic carbocycles. The molecule has 0 bridgehead atoms. The van der Waals surface area contributed by atoms with Gasteiger partial charge in [0.05, 0.1) is 17.8 Å². The summed E-state index contributed by atoms with van der Waals surface area (Å²) in [5.74, 6) is 0.707. The molecule has 0 aliphatic rings. The third-order valence-corrected chi connectivity index (χ3v) is 5.05. The smallest absolute Gasteiger partial charge is 0.251 e. The predicted molar refractivity (Wildman–Crippen MR) is 117 cm³/mol. The number of rotatable bonds is 7. The van der Waals surface area contributed by atoms with Crippen molar-refractivity contribution in [1.82, 2.24) is 10.5 Å². The van der Waals surface area contributed by atoms with Gasteiger partial charge < -0.3 is 19.9 Å². The number of hydrogen-bond donors (Lipinski definition) is 2. The molecule has 156 valence electrons. The molecule has 0 unspecified atom stereocenters. The normalized spacial score (nSPS) is 10.5. The van der Waals surface area contributed by atoms with Crippen LogP contribution < -0.4 is 15.4 Å². The van der Waals surface area contributed by atoms with Crippen LogP contribution in [0.1, 0.15) is 32.9 Å². The largest absolute Gasteiger partial charge is 0.489 e. The highest BCUT2D eigenvalue weighted by Crippen LogP contribution is 2.20. The van der Waals surface area contributed by atoms with E-state index in [9.17, 15) is 9.59 Å². The number of nitrogens with one attached hydrogen (secondary N) is 2. The van der Waals surface area contributed by atoms with Gasteiger partial charge in [0.25, 0.3) is 5.91 Å². The van der Waals surface area contributed by atoms with Crippen molar-refractivity contribution in [1.29, 1.82) is 0 Å². The molecule has 0 atom stereocenters. The van der Waals surface area contributed by atoms with Crippen molar-refractivity contribution in [2.75, 3.05) is 11.9 Å². The van der Waals surface area contributed by atoms with Crippen molar-refractivity contribution in [3.63, 3.8) is 0 Å². The van der Waals surface area contributed by atoms with E-state index in [4.69, 9.17) is 9.26 Å². The highest BCUT2D eigenvalue weighted by Gasteiger charge is 2.11. The number of benzene rings is 2. The van der Waals surface area contributed by atoms with E-state index < -0.39 is 0 Å². The minimum Gasteiger partial charge on any atom is -0.489 e. The number of halogens is 1. The van der Waals surface area contributed by atoms with Crippen molar-refractivity contribution >= 4 is 33.4 Å². The van der Waals surface area contributed by atoms with Gasteiger partial charge in [-0.05, 0) is 68.8 Å². The Morgan fingerprint density at radius 1 is 1.10 bits per heavy atom. The highest BCUT2D eigenvalue weighted by molar-refractivity contribution is 9.10. The second-order valence-electron chi connectivity index (χ2n) is 6.81. The van der Waals surface area contributed by atoms with Gasteiger partial charge in [0.15, 0.2) is 0 Å². The molecule has 2 N–H and O–H groups in total. The van der Waals surface area contributed by atoms with Crippen LogP contribution in [0.2, 0.25) is 0 Å². The van der Waals surface area contributed by atoms with Crippen molar-refractivity contribution in [2.45, 2.75) is 27.4 Å². The number of hydrogen-bond acceptors (Lipinski definition) is 5. The Bertz CT molecular complexity index is 1040. The third kappa shape index (κ3) is 5.48. The molecule has 3 rings (SSSR count). The van der Waals surface area contributed by atoms with Gasteiger partial charge in [-0.3, -0.25) is 9.59 Å². The fourth-order valence-electron chi connectivity index (χ4n) is 2.79. The number of aromatic nitrogens is 1. The van der Waals surface area contributed by atoms with Gasteiger partial charge in [0.2, 0.25) is 5.91 Å². The zero-order valence-corrected chi connectivity index (χ0v) is 18.5. The number of nitrogens with zero attached hydrogens (tertiary/aromatic N) is 1. The van der Waals surface area contributed by atoms with Crippen LogP contribution in [0.5, 0.6) is 5.75 Å². The molecule has 1 heterocycles. The molecule has 0 saturated carbocycles. The molecular weight excluding hydrogens is 450 g/mol. The van der Waals surface area contributed by atoms with Crippen LogP contribution in [0.25, 0.3) is 0 Å². The molecule has 7 nitrogen and oxygen atoms in total. The zero-order valence-electron chi connectivity index (χ0n) is 16.9. The summed E-state index contributed by atoms with van der Waals surface area (Å²) in [6, 6.07) is 12.3. The lowest BCUT2D eigenvalue weighted by Gasteiger charge is -2.10. The number of carbonyl (C=O) groups excluding carboxylic acids is 2. The SMILES string of the molecule is Cc1cc(Br)ccc1NC(=O)CNC(=O)c1ccc(OCc2c(C)noc2C)cc1. The maximum atomic E-state index is 12.3. The van der Waals surface area contributed by atoms with Gasteiger partial charge in [-0.15, -0.1) is 0 Å². The Labute approximate surface area is 182 Å². The molecule has 2 amide bonds. The van der Waals surface area contributed by atoms with Gasteiger partial charge in [-0.2, -0.15) is 0 Å². The Morgan fingerprint density at radius 3 is 2.47 bits per heavy atom. The minimum absolute atomic E-state index is 0.126. The number of amides is 2. The van der Waals surface area contributed by atoms with Crippen LogP contribution >= 0.6 is 15.9 Å². The molecule has 0 saturated heterocycles. The van der Waals surface area contributed by atoms with Gasteiger partial charge in [0, 0.05) is 15.7 Å². The maximum Gasteiger partial charge on any atom is 0.251 e. The lowest BCUT2D eigenvalue weighted by molar-refractivity contribution is -0.115. The summed E-state index contributed by atoms with van der Waals surface area (Å²) in [4.78, 5) is 24.4. The summed E-state index contributed by atoms with van der Waals surface area (Å²) in [5.41, 5.74) is 3.77. The summed E-state index contributed by atoms with van der Waals surface area (Å²) in [5, 5.41) is 9.29. The van der Waals surface area contributed by atoms with E-state index in [1.165, 1.54) is 0 Å². The van der Waals surface area contributed by atoms with E-state index in [1.54, 1.807) is 30.3 Å². The summed E-state index contributed by atoms with van der Waals surface area (Å²) in [6.07, 6.45) is 0. The third-order valence-electron chi connectivity index (χ3n) is 4.55. The molecule has 0 fully saturated rings. The highest BCUT2D eigenvalue weighted by atomic mass is 79.9. The van der Waals surface area contributed by atoms with Crippen molar-refractivity contribution in [3.05, 3.63) is 75.1 Å². The van der Waals surface area contributed by atoms with Crippen LogP contribution in [0, 0.1) is 20.8 Å². The summed E-state index contributed by atoms with van der Waals surface area (Å²) in [7, 11) is 0. The van der Waals surface area contributed by atoms with Gasteiger partial charge in [-0.1, -0.05) is 21.1 Å². The van der Waals surface area contributed by atoms with Gasteiger partial charge in [-0.25, -0.2) is 0 Å². The quantitative estimate of drug-likeness (QED) is 0.535. The van der Waals surface area contributed by atoms with Crippen LogP contribution in [0.4, 0.5) is 5.69 Å². The van der Waals surface area contributed by atoms with Crippen LogP contribution in [-0.4, -0.2) is 23.5 Å². The summed E-state index contributed by atoms with van der Waals surface area (Å²) >= 11 is 3.38. The molecule has 0 aliphatic heterocycles. The number of carbonyl (C=O) groups is 2. The fourth-order valence-corrected chi connectivity index (χ4v) is 3.27. The topological polar surface area (TPSA) is 93.5 Å². The molecule has 2 aromatic carbocycles. The van der Waals surface area contributed by atoms with E-state index in [0.717, 1.165) is 27.1 Å². The first-order valence-corrected chi connectivity index (χ1v) is 10.1. The standard InChI is InChI=1S/C22H22BrN3O4/c1-13-10-17(23)6-9-20(13)25-21(27)11-24-22(28)16-4-7-18(8-5-16)29-12-19-14(2)26-30-15(19)3/h4-10H,11-12H2,1-3H3,(H,24,28)(H,25,27). The lowest BCUT2D eigenvalue weighted by atomic mass is 10.2. The fraction of sp³-hybridized carbons (Fsp3) is 0.227. The molecule has 8 heteroatoms. The number of aryl methyl sites for hydroxylation is 3. The Hall–Kier alpha value is -3.13. The molecule has 1 aromatic heterocycles. The monoisotopic (exact) mass is 471 g/mol. The van der Waals surface area contributed by atoms with Crippen molar-refractivity contribution in [2.24, 2.45) is 0 Å². The molecule has 3 aromatic rings. The van der Waals surface area contributed by atoms with Crippen LogP contribution in [0.15, 0.2) is 51.5 Å². The molecule has 0 spiro atoms. The first-order valence-electron chi connectivity index (χ1n) is 9.32. The first-order chi connectivity index (χ1) is 14.3. The number of anilines is 1. The van der Waals surface area contributed by atoms with Gasteiger partial charge in [0.1, 0.15) is 18.1 Å². The molecule has 30 heavy (non-hydrogen) atoms. The first kappa shape index (κ1) is 21.6. The second kappa shape index (κ2) is 9.58. The maximum absolute atomic E-state index is 12.3. The van der Waals surface area contributed by atoms with E-state index in [2.05, 4.69) is 31.7 Å². The number of ether oxygens (including phenoxy) is 1.